The van der Waals surface area contributed by atoms with Gasteiger partial charge in [-0.25, -0.2) is 4.79 Å². The minimum atomic E-state index is -1.13. The first-order chi connectivity index (χ1) is 13.5. The summed E-state index contributed by atoms with van der Waals surface area (Å²) in [6, 6.07) is -3.88. The number of carbonyl (C=O) groups is 5. The molecular weight excluding hydrogens is 382 g/mol. The topological polar surface area (TPSA) is 185 Å². The van der Waals surface area contributed by atoms with Gasteiger partial charge in [-0.2, -0.15) is 0 Å². The second-order valence-electron chi connectivity index (χ2n) is 7.59. The number of amides is 4. The summed E-state index contributed by atoms with van der Waals surface area (Å²) in [6.07, 6.45) is 0.603. The van der Waals surface area contributed by atoms with E-state index in [1.54, 1.807) is 13.8 Å². The minimum Gasteiger partial charge on any atom is -0.480 e. The van der Waals surface area contributed by atoms with E-state index < -0.39 is 53.8 Å². The highest BCUT2D eigenvalue weighted by molar-refractivity contribution is 5.94. The van der Waals surface area contributed by atoms with Crippen molar-refractivity contribution in [1.82, 2.24) is 15.5 Å². The molecule has 1 saturated heterocycles. The molecule has 1 heterocycles. The van der Waals surface area contributed by atoms with Crippen molar-refractivity contribution in [3.05, 3.63) is 0 Å². The van der Waals surface area contributed by atoms with Crippen molar-refractivity contribution in [2.75, 3.05) is 6.54 Å². The van der Waals surface area contributed by atoms with Gasteiger partial charge in [-0.15, -0.1) is 0 Å². The van der Waals surface area contributed by atoms with Crippen LogP contribution in [0.5, 0.6) is 0 Å². The SMILES string of the molecule is CC(NC(=O)C(N)C(C)C)C(=O)NC(CCC(N)=O)C(=O)N1CCCC1C(=O)O. The van der Waals surface area contributed by atoms with E-state index in [1.165, 1.54) is 11.8 Å². The smallest absolute Gasteiger partial charge is 0.326 e. The molecule has 164 valence electrons. The number of hydrogen-bond donors (Lipinski definition) is 5. The van der Waals surface area contributed by atoms with Crippen molar-refractivity contribution in [2.24, 2.45) is 17.4 Å². The number of aliphatic carboxylic acids is 1. The number of nitrogens with one attached hydrogen (secondary N) is 2. The summed E-state index contributed by atoms with van der Waals surface area (Å²) >= 11 is 0. The predicted octanol–water partition coefficient (Wildman–Crippen LogP) is -1.70. The molecule has 11 nitrogen and oxygen atoms in total. The van der Waals surface area contributed by atoms with E-state index in [0.29, 0.717) is 12.8 Å². The lowest BCUT2D eigenvalue weighted by molar-refractivity contribution is -0.149. The fourth-order valence-corrected chi connectivity index (χ4v) is 3.01. The predicted molar refractivity (Wildman–Crippen MR) is 103 cm³/mol. The average molecular weight is 413 g/mol. The minimum absolute atomic E-state index is 0.0745. The van der Waals surface area contributed by atoms with Crippen molar-refractivity contribution in [3.8, 4) is 0 Å². The summed E-state index contributed by atoms with van der Waals surface area (Å²) in [4.78, 5) is 61.1. The van der Waals surface area contributed by atoms with Gasteiger partial charge in [0, 0.05) is 13.0 Å². The van der Waals surface area contributed by atoms with Gasteiger partial charge in [-0.3, -0.25) is 19.2 Å². The summed E-state index contributed by atoms with van der Waals surface area (Å²) in [5, 5.41) is 14.3. The first-order valence-corrected chi connectivity index (χ1v) is 9.63. The molecule has 0 aliphatic carbocycles. The zero-order valence-corrected chi connectivity index (χ0v) is 17.0. The molecule has 7 N–H and O–H groups in total. The van der Waals surface area contributed by atoms with Crippen LogP contribution in [0.15, 0.2) is 0 Å². The molecule has 4 atom stereocenters. The van der Waals surface area contributed by atoms with E-state index in [1.807, 2.05) is 0 Å². The molecule has 1 rings (SSSR count). The fraction of sp³-hybridized carbons (Fsp3) is 0.722. The highest BCUT2D eigenvalue weighted by Crippen LogP contribution is 2.19. The number of carboxylic acids is 1. The molecule has 0 aromatic rings. The number of rotatable bonds is 10. The van der Waals surface area contributed by atoms with E-state index in [4.69, 9.17) is 11.5 Å². The second kappa shape index (κ2) is 10.7. The number of nitrogens with two attached hydrogens (primary N) is 2. The molecule has 29 heavy (non-hydrogen) atoms. The monoisotopic (exact) mass is 413 g/mol. The zero-order valence-electron chi connectivity index (χ0n) is 17.0. The molecule has 0 aromatic carbocycles. The van der Waals surface area contributed by atoms with Crippen LogP contribution in [-0.4, -0.2) is 70.3 Å². The Kier molecular flexibility index (Phi) is 9.02. The summed E-state index contributed by atoms with van der Waals surface area (Å²) in [6.45, 7) is 5.21. The number of hydrogen-bond acceptors (Lipinski definition) is 6. The molecular formula is C18H31N5O6. The van der Waals surface area contributed by atoms with Crippen LogP contribution in [0.25, 0.3) is 0 Å². The number of nitrogens with zero attached hydrogens (tertiary/aromatic N) is 1. The van der Waals surface area contributed by atoms with Crippen LogP contribution >= 0.6 is 0 Å². The maximum Gasteiger partial charge on any atom is 0.326 e. The van der Waals surface area contributed by atoms with Crippen molar-refractivity contribution in [2.45, 2.75) is 70.6 Å². The van der Waals surface area contributed by atoms with Crippen LogP contribution in [-0.2, 0) is 24.0 Å². The molecule has 0 saturated carbocycles. The fourth-order valence-electron chi connectivity index (χ4n) is 3.01. The van der Waals surface area contributed by atoms with Crippen LogP contribution < -0.4 is 22.1 Å². The first kappa shape index (κ1) is 24.3. The summed E-state index contributed by atoms with van der Waals surface area (Å²) < 4.78 is 0. The van der Waals surface area contributed by atoms with Gasteiger partial charge in [-0.05, 0) is 32.1 Å². The van der Waals surface area contributed by atoms with E-state index in [9.17, 15) is 29.1 Å². The highest BCUT2D eigenvalue weighted by Gasteiger charge is 2.38. The van der Waals surface area contributed by atoms with Crippen LogP contribution in [0.4, 0.5) is 0 Å². The van der Waals surface area contributed by atoms with Crippen LogP contribution in [0.1, 0.15) is 46.5 Å². The van der Waals surface area contributed by atoms with Crippen LogP contribution in [0.3, 0.4) is 0 Å². The summed E-state index contributed by atoms with van der Waals surface area (Å²) in [5.41, 5.74) is 10.9. The maximum absolute atomic E-state index is 12.8. The Morgan fingerprint density at radius 2 is 1.72 bits per heavy atom. The summed E-state index contributed by atoms with van der Waals surface area (Å²) in [5.74, 6) is -3.66. The Morgan fingerprint density at radius 3 is 2.24 bits per heavy atom. The van der Waals surface area contributed by atoms with Crippen LogP contribution in [0, 0.1) is 5.92 Å². The maximum atomic E-state index is 12.8. The molecule has 0 aromatic heterocycles. The Balaban J connectivity index is 2.85. The molecule has 1 fully saturated rings. The Morgan fingerprint density at radius 1 is 1.10 bits per heavy atom. The number of carbonyl (C=O) groups excluding carboxylic acids is 4. The molecule has 11 heteroatoms. The first-order valence-electron chi connectivity index (χ1n) is 9.63. The molecule has 4 amide bonds. The van der Waals surface area contributed by atoms with Gasteiger partial charge in [0.25, 0.3) is 0 Å². The van der Waals surface area contributed by atoms with Gasteiger partial charge in [-0.1, -0.05) is 13.8 Å². The quantitative estimate of drug-likeness (QED) is 0.282. The second-order valence-corrected chi connectivity index (χ2v) is 7.59. The summed E-state index contributed by atoms with van der Waals surface area (Å²) in [7, 11) is 0. The van der Waals surface area contributed by atoms with Gasteiger partial charge >= 0.3 is 5.97 Å². The zero-order chi connectivity index (χ0) is 22.3. The average Bonchev–Trinajstić information content (AvgIpc) is 3.13. The van der Waals surface area contributed by atoms with Crippen molar-refractivity contribution < 1.29 is 29.1 Å². The highest BCUT2D eigenvalue weighted by atomic mass is 16.4. The molecule has 4 unspecified atom stereocenters. The van der Waals surface area contributed by atoms with Crippen molar-refractivity contribution >= 4 is 29.6 Å². The third-order valence-corrected chi connectivity index (χ3v) is 4.89. The third kappa shape index (κ3) is 7.00. The standard InChI is InChI=1S/C18H31N5O6/c1-9(2)14(20)16(26)21-10(3)15(25)22-11(6-7-13(19)24)17(27)23-8-4-5-12(23)18(28)29/h9-12,14H,4-8,20H2,1-3H3,(H2,19,24)(H,21,26)(H,22,25)(H,28,29). The van der Waals surface area contributed by atoms with Crippen molar-refractivity contribution in [3.63, 3.8) is 0 Å². The molecule has 0 spiro atoms. The lowest BCUT2D eigenvalue weighted by Gasteiger charge is -2.28. The Bertz CT molecular complexity index is 653. The Hall–Kier alpha value is -2.69. The third-order valence-electron chi connectivity index (χ3n) is 4.89. The molecule has 1 aliphatic rings. The number of carboxylic acid groups (broad SMARTS) is 1. The number of likely N-dealkylation sites (tertiary alicyclic amines) is 1. The normalized spacial score (nSPS) is 19.3. The van der Waals surface area contributed by atoms with E-state index in [-0.39, 0.29) is 25.3 Å². The van der Waals surface area contributed by atoms with Gasteiger partial charge in [0.05, 0.1) is 6.04 Å². The lowest BCUT2D eigenvalue weighted by atomic mass is 10.0. The van der Waals surface area contributed by atoms with Gasteiger partial charge < -0.3 is 32.1 Å². The van der Waals surface area contributed by atoms with Gasteiger partial charge in [0.1, 0.15) is 18.1 Å². The largest absolute Gasteiger partial charge is 0.480 e. The van der Waals surface area contributed by atoms with Crippen molar-refractivity contribution in [1.29, 1.82) is 0 Å². The van der Waals surface area contributed by atoms with E-state index in [0.717, 1.165) is 0 Å². The van der Waals surface area contributed by atoms with Gasteiger partial charge in [0.2, 0.25) is 23.6 Å². The Labute approximate surface area is 169 Å². The number of primary amides is 1. The lowest BCUT2D eigenvalue weighted by Crippen LogP contribution is -2.56. The molecule has 0 bridgehead atoms. The van der Waals surface area contributed by atoms with E-state index >= 15 is 0 Å². The van der Waals surface area contributed by atoms with Crippen LogP contribution in [0.2, 0.25) is 0 Å². The van der Waals surface area contributed by atoms with E-state index in [2.05, 4.69) is 10.6 Å². The molecule has 0 radical (unpaired) electrons. The van der Waals surface area contributed by atoms with Gasteiger partial charge in [0.15, 0.2) is 0 Å². The molecule has 1 aliphatic heterocycles.